The van der Waals surface area contributed by atoms with Gasteiger partial charge in [-0.15, -0.1) is 0 Å². The van der Waals surface area contributed by atoms with E-state index < -0.39 is 5.92 Å². The van der Waals surface area contributed by atoms with Crippen LogP contribution >= 0.6 is 0 Å². The Bertz CT molecular complexity index is 1400. The lowest BCUT2D eigenvalue weighted by molar-refractivity contribution is 0.0548. The average molecular weight is 444 g/mol. The van der Waals surface area contributed by atoms with Crippen LogP contribution in [0.2, 0.25) is 0 Å². The number of carbonyl (C=O) groups is 1. The first-order valence-corrected chi connectivity index (χ1v) is 11.1. The quantitative estimate of drug-likeness (QED) is 0.571. The van der Waals surface area contributed by atoms with Crippen molar-refractivity contribution >= 4 is 16.8 Å². The fourth-order valence-electron chi connectivity index (χ4n) is 4.26. The Labute approximate surface area is 191 Å². The summed E-state index contributed by atoms with van der Waals surface area (Å²) < 4.78 is 13.1. The van der Waals surface area contributed by atoms with Gasteiger partial charge < -0.3 is 14.0 Å². The van der Waals surface area contributed by atoms with Crippen molar-refractivity contribution < 1.29 is 14.3 Å². The highest BCUT2D eigenvalue weighted by molar-refractivity contribution is 6.01. The molecule has 7 nitrogen and oxygen atoms in total. The van der Waals surface area contributed by atoms with Crippen LogP contribution in [0.3, 0.4) is 0 Å². The number of fused-ring (bicyclic) bond motifs is 2. The number of rotatable bonds is 4. The molecule has 0 bridgehead atoms. The number of Topliss-reactive ketones (excluding diaryl/α,β-unsaturated/α-hetero) is 1. The van der Waals surface area contributed by atoms with E-state index in [0.29, 0.717) is 48.7 Å². The molecule has 1 fully saturated rings. The molecular formula is C26H25N3O4. The molecule has 1 atom stereocenters. The van der Waals surface area contributed by atoms with Gasteiger partial charge in [-0.1, -0.05) is 6.07 Å². The molecule has 3 aromatic heterocycles. The van der Waals surface area contributed by atoms with E-state index in [1.165, 1.54) is 0 Å². The number of pyridine rings is 3. The van der Waals surface area contributed by atoms with Gasteiger partial charge in [0.25, 0.3) is 0 Å². The summed E-state index contributed by atoms with van der Waals surface area (Å²) >= 11 is 0. The Kier molecular flexibility index (Phi) is 5.32. The predicted molar refractivity (Wildman–Crippen MR) is 124 cm³/mol. The molecule has 1 saturated heterocycles. The summed E-state index contributed by atoms with van der Waals surface area (Å²) in [6.07, 6.45) is 5.73. The molecule has 0 amide bonds. The van der Waals surface area contributed by atoms with E-state index in [4.69, 9.17) is 9.47 Å². The van der Waals surface area contributed by atoms with Crippen molar-refractivity contribution in [1.29, 1.82) is 0 Å². The van der Waals surface area contributed by atoms with Gasteiger partial charge in [-0.25, -0.2) is 4.98 Å². The second-order valence-electron chi connectivity index (χ2n) is 8.53. The van der Waals surface area contributed by atoms with Gasteiger partial charge in [-0.2, -0.15) is 0 Å². The second kappa shape index (κ2) is 8.31. The van der Waals surface area contributed by atoms with E-state index in [9.17, 15) is 9.59 Å². The van der Waals surface area contributed by atoms with Gasteiger partial charge in [0.15, 0.2) is 17.3 Å². The highest BCUT2D eigenvalue weighted by Gasteiger charge is 2.28. The molecule has 0 radical (unpaired) electrons. The van der Waals surface area contributed by atoms with Gasteiger partial charge in [0.2, 0.25) is 5.43 Å². The van der Waals surface area contributed by atoms with E-state index in [1.807, 2.05) is 55.7 Å². The fourth-order valence-corrected chi connectivity index (χ4v) is 4.26. The van der Waals surface area contributed by atoms with Crippen LogP contribution in [0.1, 0.15) is 39.4 Å². The Morgan fingerprint density at radius 1 is 1.12 bits per heavy atom. The molecule has 1 aliphatic heterocycles. The molecule has 2 aliphatic rings. The monoisotopic (exact) mass is 443 g/mol. The summed E-state index contributed by atoms with van der Waals surface area (Å²) in [5.74, 6) is 0.523. The Morgan fingerprint density at radius 2 is 1.91 bits per heavy atom. The van der Waals surface area contributed by atoms with Crippen LogP contribution < -0.4 is 5.43 Å². The molecule has 7 heteroatoms. The lowest BCUT2D eigenvalue weighted by Gasteiger charge is -2.25. The SMILES string of the molecule is Cc1cccc(Cn2cc(C(=O)C3C=C4OCCOC4=CC3)c(=O)c3cc(C)c(C)nc32)n1. The molecule has 3 aromatic rings. The van der Waals surface area contributed by atoms with Crippen LogP contribution in [0.5, 0.6) is 0 Å². The third kappa shape index (κ3) is 3.95. The van der Waals surface area contributed by atoms with Gasteiger partial charge in [-0.3, -0.25) is 14.6 Å². The number of carbonyl (C=O) groups excluding carboxylic acids is 1. The van der Waals surface area contributed by atoms with E-state index >= 15 is 0 Å². The average Bonchev–Trinajstić information content (AvgIpc) is 2.81. The normalized spacial score (nSPS) is 17.5. The number of allylic oxidation sites excluding steroid dienone is 2. The van der Waals surface area contributed by atoms with E-state index in [-0.39, 0.29) is 16.8 Å². The summed E-state index contributed by atoms with van der Waals surface area (Å²) in [5.41, 5.74) is 3.89. The number of ketones is 1. The zero-order chi connectivity index (χ0) is 23.1. The fraction of sp³-hybridized carbons (Fsp3) is 0.308. The smallest absolute Gasteiger partial charge is 0.201 e. The minimum atomic E-state index is -0.486. The summed E-state index contributed by atoms with van der Waals surface area (Å²) in [7, 11) is 0. The van der Waals surface area contributed by atoms with Gasteiger partial charge in [0, 0.05) is 23.5 Å². The molecule has 5 rings (SSSR count). The van der Waals surface area contributed by atoms with Crippen molar-refractivity contribution in [3.63, 3.8) is 0 Å². The molecule has 1 unspecified atom stereocenters. The predicted octanol–water partition coefficient (Wildman–Crippen LogP) is 3.78. The number of hydrogen-bond acceptors (Lipinski definition) is 6. The summed E-state index contributed by atoms with van der Waals surface area (Å²) in [6.45, 7) is 7.11. The van der Waals surface area contributed by atoms with Crippen LogP contribution in [0.15, 0.2) is 58.9 Å². The molecule has 33 heavy (non-hydrogen) atoms. The van der Waals surface area contributed by atoms with Crippen LogP contribution in [-0.4, -0.2) is 33.5 Å². The van der Waals surface area contributed by atoms with Crippen molar-refractivity contribution in [2.24, 2.45) is 5.92 Å². The first kappa shape index (κ1) is 21.1. The maximum Gasteiger partial charge on any atom is 0.201 e. The zero-order valence-electron chi connectivity index (χ0n) is 18.9. The van der Waals surface area contributed by atoms with Crippen LogP contribution in [-0.2, 0) is 16.0 Å². The number of ether oxygens (including phenoxy) is 2. The zero-order valence-corrected chi connectivity index (χ0v) is 18.9. The molecule has 1 aliphatic carbocycles. The minimum Gasteiger partial charge on any atom is -0.486 e. The lowest BCUT2D eigenvalue weighted by atomic mass is 9.90. The number of nitrogens with zero attached hydrogens (tertiary/aromatic N) is 3. The third-order valence-corrected chi connectivity index (χ3v) is 6.12. The Hall–Kier alpha value is -3.74. The number of aromatic nitrogens is 3. The van der Waals surface area contributed by atoms with Crippen molar-refractivity contribution in [2.45, 2.75) is 33.7 Å². The molecule has 0 saturated carbocycles. The van der Waals surface area contributed by atoms with Crippen LogP contribution in [0, 0.1) is 26.7 Å². The molecule has 0 N–H and O–H groups in total. The van der Waals surface area contributed by atoms with Gasteiger partial charge in [0.05, 0.1) is 23.2 Å². The molecule has 0 spiro atoms. The van der Waals surface area contributed by atoms with Crippen molar-refractivity contribution in [3.05, 3.63) is 92.6 Å². The molecular weight excluding hydrogens is 418 g/mol. The summed E-state index contributed by atoms with van der Waals surface area (Å²) in [5, 5.41) is 0.438. The van der Waals surface area contributed by atoms with Crippen molar-refractivity contribution in [3.8, 4) is 0 Å². The summed E-state index contributed by atoms with van der Waals surface area (Å²) in [4.78, 5) is 36.2. The van der Waals surface area contributed by atoms with Crippen molar-refractivity contribution in [1.82, 2.24) is 14.5 Å². The highest BCUT2D eigenvalue weighted by atomic mass is 16.6. The first-order chi connectivity index (χ1) is 15.9. The van der Waals surface area contributed by atoms with Crippen LogP contribution in [0.4, 0.5) is 0 Å². The third-order valence-electron chi connectivity index (χ3n) is 6.12. The largest absolute Gasteiger partial charge is 0.486 e. The Morgan fingerprint density at radius 3 is 2.70 bits per heavy atom. The van der Waals surface area contributed by atoms with Crippen LogP contribution in [0.25, 0.3) is 11.0 Å². The molecule has 4 heterocycles. The maximum absolute atomic E-state index is 13.5. The van der Waals surface area contributed by atoms with Gasteiger partial charge >= 0.3 is 0 Å². The number of hydrogen-bond donors (Lipinski definition) is 0. The molecule has 168 valence electrons. The van der Waals surface area contributed by atoms with E-state index in [0.717, 1.165) is 22.6 Å². The van der Waals surface area contributed by atoms with E-state index in [1.54, 1.807) is 12.3 Å². The highest BCUT2D eigenvalue weighted by Crippen LogP contribution is 2.29. The minimum absolute atomic E-state index is 0.149. The van der Waals surface area contributed by atoms with Crippen molar-refractivity contribution in [2.75, 3.05) is 13.2 Å². The van der Waals surface area contributed by atoms with E-state index in [2.05, 4.69) is 9.97 Å². The summed E-state index contributed by atoms with van der Waals surface area (Å²) in [6, 6.07) is 7.63. The van der Waals surface area contributed by atoms with Gasteiger partial charge in [-0.05, 0) is 63.1 Å². The molecule has 0 aromatic carbocycles. The maximum atomic E-state index is 13.5. The Balaban J connectivity index is 1.61. The second-order valence-corrected chi connectivity index (χ2v) is 8.53. The number of aryl methyl sites for hydroxylation is 3. The lowest BCUT2D eigenvalue weighted by Crippen LogP contribution is -2.27. The van der Waals surface area contributed by atoms with Gasteiger partial charge in [0.1, 0.15) is 18.9 Å². The standard InChI is InChI=1S/C26H25N3O4/c1-15-11-20-25(31)21(24(30)18-7-8-22-23(12-18)33-10-9-32-22)14-29(26(20)28-17(15)3)13-19-6-4-5-16(2)27-19/h4-6,8,11-12,14,18H,7,9-10,13H2,1-3H3. The first-order valence-electron chi connectivity index (χ1n) is 11.1. The topological polar surface area (TPSA) is 83.3 Å².